The van der Waals surface area contributed by atoms with Gasteiger partial charge in [0.2, 0.25) is 0 Å². The van der Waals surface area contributed by atoms with Crippen molar-refractivity contribution in [2.75, 3.05) is 0 Å². The largest absolute Gasteiger partial charge is 0.487 e. The van der Waals surface area contributed by atoms with Gasteiger partial charge in [0.05, 0.1) is 17.7 Å². The van der Waals surface area contributed by atoms with Gasteiger partial charge in [-0.3, -0.25) is 0 Å². The van der Waals surface area contributed by atoms with Gasteiger partial charge in [-0.25, -0.2) is 4.39 Å². The molecule has 0 amide bonds. The molecular weight excluding hydrogens is 229 g/mol. The summed E-state index contributed by atoms with van der Waals surface area (Å²) in [5.74, 6) is 0.635. The van der Waals surface area contributed by atoms with Crippen LogP contribution in [0.3, 0.4) is 0 Å². The van der Waals surface area contributed by atoms with Crippen LogP contribution in [0, 0.1) is 23.1 Å². The van der Waals surface area contributed by atoms with Gasteiger partial charge in [-0.05, 0) is 49.8 Å². The zero-order valence-electron chi connectivity index (χ0n) is 10.7. The lowest BCUT2D eigenvalue weighted by Crippen LogP contribution is -2.24. The minimum atomic E-state index is -0.438. The highest BCUT2D eigenvalue weighted by molar-refractivity contribution is 5.36. The molecule has 0 radical (unpaired) electrons. The van der Waals surface area contributed by atoms with Crippen LogP contribution in [-0.2, 0) is 0 Å². The Hall–Kier alpha value is -1.56. The Balaban J connectivity index is 1.96. The Morgan fingerprint density at radius 1 is 1.33 bits per heavy atom. The van der Waals surface area contributed by atoms with Crippen LogP contribution < -0.4 is 4.74 Å². The second kappa shape index (κ2) is 5.86. The molecule has 0 unspecified atom stereocenters. The van der Waals surface area contributed by atoms with Gasteiger partial charge >= 0.3 is 0 Å². The van der Waals surface area contributed by atoms with Crippen LogP contribution in [0.4, 0.5) is 4.39 Å². The fourth-order valence-electron chi connectivity index (χ4n) is 2.50. The molecular formula is C15H18FNO. The van der Waals surface area contributed by atoms with Crippen molar-refractivity contribution in [3.8, 4) is 11.8 Å². The van der Waals surface area contributed by atoms with E-state index >= 15 is 0 Å². The Morgan fingerprint density at radius 3 is 2.61 bits per heavy atom. The molecule has 1 aliphatic carbocycles. The maximum absolute atomic E-state index is 13.7. The molecule has 0 heterocycles. The summed E-state index contributed by atoms with van der Waals surface area (Å²) in [6.45, 7) is 2.21. The second-order valence-electron chi connectivity index (χ2n) is 4.93. The Labute approximate surface area is 107 Å². The zero-order chi connectivity index (χ0) is 13.0. The summed E-state index contributed by atoms with van der Waals surface area (Å²) >= 11 is 0. The molecule has 0 aromatic heterocycles. The quantitative estimate of drug-likeness (QED) is 0.807. The Morgan fingerprint density at radius 2 is 2.06 bits per heavy atom. The standard InChI is InChI=1S/C15H18FNO/c1-2-11-3-6-13(7-4-11)18-15-8-5-12(10-17)9-14(15)16/h5,8-9,11,13H,2-4,6-7H2,1H3. The van der Waals surface area contributed by atoms with E-state index in [1.165, 1.54) is 25.3 Å². The van der Waals surface area contributed by atoms with E-state index in [4.69, 9.17) is 10.00 Å². The zero-order valence-corrected chi connectivity index (χ0v) is 10.7. The summed E-state index contributed by atoms with van der Waals surface area (Å²) < 4.78 is 19.4. The van der Waals surface area contributed by atoms with Gasteiger partial charge < -0.3 is 4.74 Å². The summed E-state index contributed by atoms with van der Waals surface area (Å²) in [5, 5.41) is 8.67. The maximum atomic E-state index is 13.7. The highest BCUT2D eigenvalue weighted by atomic mass is 19.1. The molecule has 0 atom stereocenters. The number of hydrogen-bond acceptors (Lipinski definition) is 2. The molecule has 0 saturated heterocycles. The highest BCUT2D eigenvalue weighted by Crippen LogP contribution is 2.30. The molecule has 0 bridgehead atoms. The van der Waals surface area contributed by atoms with Crippen LogP contribution in [-0.4, -0.2) is 6.10 Å². The van der Waals surface area contributed by atoms with Gasteiger partial charge in [-0.2, -0.15) is 5.26 Å². The van der Waals surface area contributed by atoms with Gasteiger partial charge in [0.1, 0.15) is 0 Å². The number of nitriles is 1. The molecule has 96 valence electrons. The number of nitrogens with zero attached hydrogens (tertiary/aromatic N) is 1. The van der Waals surface area contributed by atoms with Crippen LogP contribution in [0.2, 0.25) is 0 Å². The second-order valence-corrected chi connectivity index (χ2v) is 4.93. The Bertz CT molecular complexity index is 444. The van der Waals surface area contributed by atoms with Crippen molar-refractivity contribution in [1.29, 1.82) is 5.26 Å². The van der Waals surface area contributed by atoms with E-state index in [2.05, 4.69) is 6.92 Å². The number of halogens is 1. The molecule has 0 aliphatic heterocycles. The van der Waals surface area contributed by atoms with Crippen molar-refractivity contribution in [3.05, 3.63) is 29.6 Å². The first-order valence-electron chi connectivity index (χ1n) is 6.59. The van der Waals surface area contributed by atoms with Crippen LogP contribution >= 0.6 is 0 Å². The average molecular weight is 247 g/mol. The van der Waals surface area contributed by atoms with Gasteiger partial charge in [-0.15, -0.1) is 0 Å². The van der Waals surface area contributed by atoms with Gasteiger partial charge in [0, 0.05) is 0 Å². The van der Waals surface area contributed by atoms with E-state index in [9.17, 15) is 4.39 Å². The average Bonchev–Trinajstić information content (AvgIpc) is 2.42. The third kappa shape index (κ3) is 3.01. The van der Waals surface area contributed by atoms with Crippen LogP contribution in [0.1, 0.15) is 44.6 Å². The number of rotatable bonds is 3. The van der Waals surface area contributed by atoms with Crippen molar-refractivity contribution in [3.63, 3.8) is 0 Å². The summed E-state index contributed by atoms with van der Waals surface area (Å²) in [6, 6.07) is 6.29. The fraction of sp³-hybridized carbons (Fsp3) is 0.533. The lowest BCUT2D eigenvalue weighted by molar-refractivity contribution is 0.125. The van der Waals surface area contributed by atoms with E-state index in [0.717, 1.165) is 18.8 Å². The topological polar surface area (TPSA) is 33.0 Å². The summed E-state index contributed by atoms with van der Waals surface area (Å²) in [6.07, 6.45) is 5.67. The fourth-order valence-corrected chi connectivity index (χ4v) is 2.50. The summed E-state index contributed by atoms with van der Waals surface area (Å²) in [7, 11) is 0. The van der Waals surface area contributed by atoms with Crippen molar-refractivity contribution >= 4 is 0 Å². The smallest absolute Gasteiger partial charge is 0.166 e. The van der Waals surface area contributed by atoms with Gasteiger partial charge in [0.15, 0.2) is 11.6 Å². The maximum Gasteiger partial charge on any atom is 0.166 e. The molecule has 18 heavy (non-hydrogen) atoms. The van der Waals surface area contributed by atoms with Crippen molar-refractivity contribution < 1.29 is 9.13 Å². The summed E-state index contributed by atoms with van der Waals surface area (Å²) in [5.41, 5.74) is 0.328. The molecule has 1 aromatic rings. The Kier molecular flexibility index (Phi) is 4.19. The third-order valence-corrected chi connectivity index (χ3v) is 3.73. The van der Waals surface area contributed by atoms with Crippen molar-refractivity contribution in [2.24, 2.45) is 5.92 Å². The third-order valence-electron chi connectivity index (χ3n) is 3.73. The van der Waals surface area contributed by atoms with E-state index in [1.54, 1.807) is 12.1 Å². The minimum Gasteiger partial charge on any atom is -0.487 e. The first-order valence-corrected chi connectivity index (χ1v) is 6.59. The van der Waals surface area contributed by atoms with Crippen LogP contribution in [0.15, 0.2) is 18.2 Å². The normalized spacial score (nSPS) is 23.4. The highest BCUT2D eigenvalue weighted by Gasteiger charge is 2.22. The first-order chi connectivity index (χ1) is 8.72. The SMILES string of the molecule is CCC1CCC(Oc2ccc(C#N)cc2F)CC1. The van der Waals surface area contributed by atoms with Crippen molar-refractivity contribution in [2.45, 2.75) is 45.1 Å². The van der Waals surface area contributed by atoms with Gasteiger partial charge in [0.25, 0.3) is 0 Å². The molecule has 0 spiro atoms. The van der Waals surface area contributed by atoms with E-state index in [-0.39, 0.29) is 11.9 Å². The molecule has 1 fully saturated rings. The monoisotopic (exact) mass is 247 g/mol. The van der Waals surface area contributed by atoms with E-state index < -0.39 is 5.82 Å². The molecule has 1 saturated carbocycles. The molecule has 1 aromatic carbocycles. The molecule has 2 rings (SSSR count). The molecule has 3 heteroatoms. The first kappa shape index (κ1) is 12.9. The predicted octanol–water partition coefficient (Wildman–Crippen LogP) is 4.04. The van der Waals surface area contributed by atoms with E-state index in [0.29, 0.717) is 5.56 Å². The summed E-state index contributed by atoms with van der Waals surface area (Å²) in [4.78, 5) is 0. The van der Waals surface area contributed by atoms with E-state index in [1.807, 2.05) is 6.07 Å². The lowest BCUT2D eigenvalue weighted by Gasteiger charge is -2.28. The lowest BCUT2D eigenvalue weighted by atomic mass is 9.86. The van der Waals surface area contributed by atoms with Crippen LogP contribution in [0.25, 0.3) is 0 Å². The predicted molar refractivity (Wildman–Crippen MR) is 67.8 cm³/mol. The number of benzene rings is 1. The molecule has 2 nitrogen and oxygen atoms in total. The number of ether oxygens (including phenoxy) is 1. The molecule has 0 N–H and O–H groups in total. The number of hydrogen-bond donors (Lipinski definition) is 0. The minimum absolute atomic E-state index is 0.121. The van der Waals surface area contributed by atoms with Crippen LogP contribution in [0.5, 0.6) is 5.75 Å². The van der Waals surface area contributed by atoms with Crippen molar-refractivity contribution in [1.82, 2.24) is 0 Å². The molecule has 1 aliphatic rings. The van der Waals surface area contributed by atoms with Gasteiger partial charge in [-0.1, -0.05) is 13.3 Å².